The minimum Gasteiger partial charge on any atom is -0.457 e. The zero-order chi connectivity index (χ0) is 19.5. The molecule has 28 heavy (non-hydrogen) atoms. The fraction of sp³-hybridized carbons (Fsp3) is 0.409. The third-order valence-electron chi connectivity index (χ3n) is 5.40. The second kappa shape index (κ2) is 8.27. The summed E-state index contributed by atoms with van der Waals surface area (Å²) < 4.78 is 31.8. The fourth-order valence-electron chi connectivity index (χ4n) is 3.47. The Hall–Kier alpha value is -2.47. The minimum absolute atomic E-state index is 0.0139. The van der Waals surface area contributed by atoms with Crippen molar-refractivity contribution in [3.63, 3.8) is 0 Å². The monoisotopic (exact) mass is 386 g/mol. The lowest BCUT2D eigenvalue weighted by atomic mass is 10.0. The summed E-state index contributed by atoms with van der Waals surface area (Å²) >= 11 is 0. The van der Waals surface area contributed by atoms with Crippen LogP contribution in [-0.4, -0.2) is 36.5 Å². The van der Waals surface area contributed by atoms with Crippen LogP contribution in [0, 0.1) is 17.6 Å². The Morgan fingerprint density at radius 2 is 1.64 bits per heavy atom. The highest BCUT2D eigenvalue weighted by Crippen LogP contribution is 2.28. The predicted molar refractivity (Wildman–Crippen MR) is 103 cm³/mol. The Morgan fingerprint density at radius 3 is 2.29 bits per heavy atom. The summed E-state index contributed by atoms with van der Waals surface area (Å²) in [7, 11) is 0. The van der Waals surface area contributed by atoms with Gasteiger partial charge in [0.05, 0.1) is 0 Å². The van der Waals surface area contributed by atoms with Crippen LogP contribution in [0.15, 0.2) is 42.5 Å². The van der Waals surface area contributed by atoms with E-state index in [4.69, 9.17) is 4.74 Å². The number of hydrogen-bond donors (Lipinski definition) is 1. The van der Waals surface area contributed by atoms with Crippen molar-refractivity contribution in [2.45, 2.75) is 31.7 Å². The third-order valence-corrected chi connectivity index (χ3v) is 5.40. The van der Waals surface area contributed by atoms with Crippen molar-refractivity contribution >= 4 is 5.91 Å². The molecule has 1 saturated heterocycles. The molecule has 1 amide bonds. The molecule has 1 N–H and O–H groups in total. The van der Waals surface area contributed by atoms with Gasteiger partial charge in [-0.1, -0.05) is 0 Å². The number of nitrogens with one attached hydrogen (secondary N) is 1. The van der Waals surface area contributed by atoms with Crippen LogP contribution in [0.2, 0.25) is 0 Å². The molecule has 0 atom stereocenters. The van der Waals surface area contributed by atoms with Crippen LogP contribution in [0.25, 0.3) is 0 Å². The topological polar surface area (TPSA) is 41.6 Å². The van der Waals surface area contributed by atoms with Gasteiger partial charge in [-0.2, -0.15) is 0 Å². The maximum absolute atomic E-state index is 13.3. The average Bonchev–Trinajstić information content (AvgIpc) is 3.54. The van der Waals surface area contributed by atoms with E-state index < -0.39 is 11.6 Å². The number of benzene rings is 2. The molecule has 2 aromatic rings. The number of amides is 1. The number of halogens is 2. The second-order valence-electron chi connectivity index (χ2n) is 7.62. The van der Waals surface area contributed by atoms with Crippen LogP contribution < -0.4 is 10.1 Å². The van der Waals surface area contributed by atoms with Crippen molar-refractivity contribution < 1.29 is 18.3 Å². The first-order chi connectivity index (χ1) is 13.6. The summed E-state index contributed by atoms with van der Waals surface area (Å²) in [5.41, 5.74) is 0.599. The van der Waals surface area contributed by atoms with Crippen molar-refractivity contribution in [1.29, 1.82) is 0 Å². The van der Waals surface area contributed by atoms with Crippen LogP contribution >= 0.6 is 0 Å². The Morgan fingerprint density at radius 1 is 0.964 bits per heavy atom. The lowest BCUT2D eigenvalue weighted by Crippen LogP contribution is -2.45. The van der Waals surface area contributed by atoms with E-state index in [2.05, 4.69) is 5.32 Å². The third kappa shape index (κ3) is 4.68. The summed E-state index contributed by atoms with van der Waals surface area (Å²) in [5.74, 6) is -0.324. The van der Waals surface area contributed by atoms with Gasteiger partial charge in [0, 0.05) is 30.8 Å². The average molecular weight is 386 g/mol. The second-order valence-corrected chi connectivity index (χ2v) is 7.62. The number of piperidine rings is 1. The van der Waals surface area contributed by atoms with Crippen LogP contribution in [-0.2, 0) is 0 Å². The number of hydrogen-bond acceptors (Lipinski definition) is 3. The molecule has 1 saturated carbocycles. The largest absolute Gasteiger partial charge is 0.457 e. The minimum atomic E-state index is -0.959. The summed E-state index contributed by atoms with van der Waals surface area (Å²) in [4.78, 5) is 14.6. The van der Waals surface area contributed by atoms with Gasteiger partial charge in [0.15, 0.2) is 11.6 Å². The normalized spacial score (nSPS) is 17.6. The molecule has 4 nitrogen and oxygen atoms in total. The molecule has 2 fully saturated rings. The van der Waals surface area contributed by atoms with Crippen molar-refractivity contribution in [2.24, 2.45) is 5.92 Å². The van der Waals surface area contributed by atoms with E-state index >= 15 is 0 Å². The highest BCUT2D eigenvalue weighted by atomic mass is 19.2. The van der Waals surface area contributed by atoms with E-state index in [9.17, 15) is 13.6 Å². The van der Waals surface area contributed by atoms with Gasteiger partial charge >= 0.3 is 0 Å². The first-order valence-electron chi connectivity index (χ1n) is 9.84. The first-order valence-corrected chi connectivity index (χ1v) is 9.84. The smallest absolute Gasteiger partial charge is 0.253 e. The van der Waals surface area contributed by atoms with Crippen molar-refractivity contribution in [3.8, 4) is 11.5 Å². The maximum Gasteiger partial charge on any atom is 0.253 e. The van der Waals surface area contributed by atoms with E-state index in [0.717, 1.165) is 50.5 Å². The SMILES string of the molecule is O=C(c1ccc(Oc2ccc(F)c(F)c2)cc1)N1CCC(NCC2CC2)CC1. The van der Waals surface area contributed by atoms with Crippen LogP contribution in [0.1, 0.15) is 36.0 Å². The number of carbonyl (C=O) groups is 1. The molecule has 1 aliphatic heterocycles. The number of likely N-dealkylation sites (tertiary alicyclic amines) is 1. The molecule has 0 bridgehead atoms. The first kappa shape index (κ1) is 18.9. The van der Waals surface area contributed by atoms with Gasteiger partial charge in [-0.15, -0.1) is 0 Å². The van der Waals surface area contributed by atoms with Gasteiger partial charge in [0.2, 0.25) is 0 Å². The van der Waals surface area contributed by atoms with E-state index in [-0.39, 0.29) is 11.7 Å². The van der Waals surface area contributed by atoms with Crippen molar-refractivity contribution in [2.75, 3.05) is 19.6 Å². The fourth-order valence-corrected chi connectivity index (χ4v) is 3.47. The van der Waals surface area contributed by atoms with E-state index in [1.807, 2.05) is 4.90 Å². The van der Waals surface area contributed by atoms with E-state index in [0.29, 0.717) is 17.4 Å². The molecule has 1 aliphatic carbocycles. The molecule has 4 rings (SSSR count). The number of nitrogens with zero attached hydrogens (tertiary/aromatic N) is 1. The Balaban J connectivity index is 1.30. The highest BCUT2D eigenvalue weighted by Gasteiger charge is 2.26. The number of rotatable bonds is 6. The van der Waals surface area contributed by atoms with Crippen LogP contribution in [0.3, 0.4) is 0 Å². The van der Waals surface area contributed by atoms with Crippen molar-refractivity contribution in [3.05, 3.63) is 59.7 Å². The van der Waals surface area contributed by atoms with Gasteiger partial charge in [-0.25, -0.2) is 8.78 Å². The van der Waals surface area contributed by atoms with Gasteiger partial charge in [0.25, 0.3) is 5.91 Å². The van der Waals surface area contributed by atoms with Gasteiger partial charge < -0.3 is 15.0 Å². The zero-order valence-electron chi connectivity index (χ0n) is 15.7. The zero-order valence-corrected chi connectivity index (χ0v) is 15.7. The molecule has 2 aromatic carbocycles. The Labute approximate surface area is 163 Å². The predicted octanol–water partition coefficient (Wildman–Crippen LogP) is 4.36. The van der Waals surface area contributed by atoms with Crippen LogP contribution in [0.4, 0.5) is 8.78 Å². The van der Waals surface area contributed by atoms with E-state index in [1.165, 1.54) is 18.9 Å². The quantitative estimate of drug-likeness (QED) is 0.802. The Bertz CT molecular complexity index is 829. The molecule has 6 heteroatoms. The molecular formula is C22H24F2N2O2. The van der Waals surface area contributed by atoms with Gasteiger partial charge in [0.1, 0.15) is 11.5 Å². The molecule has 0 aromatic heterocycles. The summed E-state index contributed by atoms with van der Waals surface area (Å²) in [6, 6.07) is 10.6. The molecule has 0 unspecified atom stereocenters. The van der Waals surface area contributed by atoms with Gasteiger partial charge in [-0.05, 0) is 74.5 Å². The molecule has 148 valence electrons. The highest BCUT2D eigenvalue weighted by molar-refractivity contribution is 5.94. The standard InChI is InChI=1S/C22H24F2N2O2/c23-20-8-7-19(13-21(20)24)28-18-5-3-16(4-6-18)22(27)26-11-9-17(10-12-26)25-14-15-1-2-15/h3-8,13,15,17,25H,1-2,9-12,14H2. The number of ether oxygens (including phenoxy) is 1. The Kier molecular flexibility index (Phi) is 5.57. The molecular weight excluding hydrogens is 362 g/mol. The summed E-state index contributed by atoms with van der Waals surface area (Å²) in [6.07, 6.45) is 4.66. The molecule has 1 heterocycles. The summed E-state index contributed by atoms with van der Waals surface area (Å²) in [6.45, 7) is 2.63. The van der Waals surface area contributed by atoms with Crippen molar-refractivity contribution in [1.82, 2.24) is 10.2 Å². The lowest BCUT2D eigenvalue weighted by molar-refractivity contribution is 0.0705. The molecule has 0 radical (unpaired) electrons. The maximum atomic E-state index is 13.3. The van der Waals surface area contributed by atoms with Gasteiger partial charge in [-0.3, -0.25) is 4.79 Å². The van der Waals surface area contributed by atoms with Crippen LogP contribution in [0.5, 0.6) is 11.5 Å². The summed E-state index contributed by atoms with van der Waals surface area (Å²) in [5, 5.41) is 3.62. The molecule has 0 spiro atoms. The van der Waals surface area contributed by atoms with E-state index in [1.54, 1.807) is 24.3 Å². The lowest BCUT2D eigenvalue weighted by Gasteiger charge is -2.32. The number of carbonyl (C=O) groups excluding carboxylic acids is 1. The molecule has 2 aliphatic rings.